The summed E-state index contributed by atoms with van der Waals surface area (Å²) >= 11 is 0. The van der Waals surface area contributed by atoms with E-state index in [1.54, 1.807) is 18.9 Å². The number of benzene rings is 3. The van der Waals surface area contributed by atoms with Crippen molar-refractivity contribution in [3.05, 3.63) is 95.7 Å². The molecule has 0 radical (unpaired) electrons. The predicted octanol–water partition coefficient (Wildman–Crippen LogP) is 4.66. The van der Waals surface area contributed by atoms with Crippen LogP contribution in [0.25, 0.3) is 22.0 Å². The number of carbonyl (C=O) groups is 2. The molecule has 1 aliphatic carbocycles. The van der Waals surface area contributed by atoms with Gasteiger partial charge < -0.3 is 14.3 Å². The third kappa shape index (κ3) is 4.06. The number of carbonyl (C=O) groups excluding carboxylic acids is 2. The maximum atomic E-state index is 13.2. The molecule has 7 heteroatoms. The SMILES string of the molecule is COC(=O)[C@H](Cc1cn(OC)c2ccccc12)N(C)C(=O)OCC1c2ccccc2-c2ccccc21. The van der Waals surface area contributed by atoms with Crippen molar-refractivity contribution in [2.75, 3.05) is 27.9 Å². The number of fused-ring (bicyclic) bond motifs is 4. The minimum Gasteiger partial charge on any atom is -0.467 e. The lowest BCUT2D eigenvalue weighted by atomic mass is 9.98. The molecule has 0 spiro atoms. The summed E-state index contributed by atoms with van der Waals surface area (Å²) < 4.78 is 12.5. The van der Waals surface area contributed by atoms with Crippen molar-refractivity contribution >= 4 is 23.0 Å². The Labute approximate surface area is 209 Å². The zero-order chi connectivity index (χ0) is 25.2. The molecule has 1 atom stereocenters. The van der Waals surface area contributed by atoms with Gasteiger partial charge in [-0.2, -0.15) is 4.73 Å². The fourth-order valence-corrected chi connectivity index (χ4v) is 5.08. The van der Waals surface area contributed by atoms with Crippen LogP contribution in [0.1, 0.15) is 22.6 Å². The second-order valence-corrected chi connectivity index (χ2v) is 8.84. The van der Waals surface area contributed by atoms with E-state index in [1.807, 2.05) is 54.7 Å². The number of hydrogen-bond donors (Lipinski definition) is 0. The smallest absolute Gasteiger partial charge is 0.410 e. The van der Waals surface area contributed by atoms with Gasteiger partial charge in [-0.1, -0.05) is 66.7 Å². The van der Waals surface area contributed by atoms with E-state index in [1.165, 1.54) is 12.0 Å². The molecule has 3 aromatic carbocycles. The van der Waals surface area contributed by atoms with Crippen molar-refractivity contribution in [3.63, 3.8) is 0 Å². The molecule has 7 nitrogen and oxygen atoms in total. The number of hydrogen-bond acceptors (Lipinski definition) is 5. The van der Waals surface area contributed by atoms with Gasteiger partial charge in [0.25, 0.3) is 0 Å². The Morgan fingerprint density at radius 2 is 1.53 bits per heavy atom. The summed E-state index contributed by atoms with van der Waals surface area (Å²) in [5.74, 6) is -0.578. The summed E-state index contributed by atoms with van der Waals surface area (Å²) in [6.45, 7) is 0.175. The number of esters is 1. The Kier molecular flexibility index (Phi) is 6.38. The Morgan fingerprint density at radius 3 is 2.17 bits per heavy atom. The van der Waals surface area contributed by atoms with Crippen molar-refractivity contribution in [2.24, 2.45) is 0 Å². The van der Waals surface area contributed by atoms with Crippen LogP contribution in [0.4, 0.5) is 4.79 Å². The molecule has 0 saturated carbocycles. The minimum atomic E-state index is -0.859. The zero-order valence-corrected chi connectivity index (χ0v) is 20.5. The van der Waals surface area contributed by atoms with E-state index in [0.717, 1.165) is 38.7 Å². The van der Waals surface area contributed by atoms with Crippen LogP contribution in [0.15, 0.2) is 79.0 Å². The van der Waals surface area contributed by atoms with Crippen LogP contribution in [0.3, 0.4) is 0 Å². The normalized spacial score (nSPS) is 13.1. The maximum absolute atomic E-state index is 13.2. The van der Waals surface area contributed by atoms with Gasteiger partial charge in [0, 0.05) is 31.0 Å². The number of aromatic nitrogens is 1. The van der Waals surface area contributed by atoms with Crippen LogP contribution in [-0.4, -0.2) is 55.6 Å². The third-order valence-electron chi connectivity index (χ3n) is 6.94. The molecule has 0 fully saturated rings. The third-order valence-corrected chi connectivity index (χ3v) is 6.94. The summed E-state index contributed by atoms with van der Waals surface area (Å²) in [5, 5.41) is 0.939. The largest absolute Gasteiger partial charge is 0.467 e. The molecule has 0 N–H and O–H groups in total. The highest BCUT2D eigenvalue weighted by Crippen LogP contribution is 2.44. The molecule has 1 amide bonds. The van der Waals surface area contributed by atoms with Crippen LogP contribution < -0.4 is 4.84 Å². The summed E-state index contributed by atoms with van der Waals surface area (Å²) in [6.07, 6.45) is 1.50. The first-order chi connectivity index (χ1) is 17.5. The van der Waals surface area contributed by atoms with Gasteiger partial charge in [0.2, 0.25) is 0 Å². The second-order valence-electron chi connectivity index (χ2n) is 8.84. The van der Waals surface area contributed by atoms with E-state index in [-0.39, 0.29) is 18.9 Å². The number of ether oxygens (including phenoxy) is 2. The van der Waals surface area contributed by atoms with Gasteiger partial charge in [-0.05, 0) is 33.9 Å². The summed E-state index contributed by atoms with van der Waals surface area (Å²) in [7, 11) is 4.46. The van der Waals surface area contributed by atoms with E-state index < -0.39 is 18.1 Å². The van der Waals surface area contributed by atoms with E-state index in [9.17, 15) is 9.59 Å². The van der Waals surface area contributed by atoms with E-state index >= 15 is 0 Å². The first-order valence-corrected chi connectivity index (χ1v) is 11.8. The van der Waals surface area contributed by atoms with Gasteiger partial charge in [0.1, 0.15) is 19.8 Å². The van der Waals surface area contributed by atoms with Crippen molar-refractivity contribution in [1.82, 2.24) is 9.63 Å². The van der Waals surface area contributed by atoms with E-state index in [4.69, 9.17) is 14.3 Å². The Hall–Kier alpha value is -4.26. The van der Waals surface area contributed by atoms with Gasteiger partial charge in [-0.25, -0.2) is 9.59 Å². The molecule has 5 rings (SSSR count). The quantitative estimate of drug-likeness (QED) is 0.357. The topological polar surface area (TPSA) is 70.0 Å². The highest BCUT2D eigenvalue weighted by atomic mass is 16.6. The van der Waals surface area contributed by atoms with Crippen LogP contribution in [0.2, 0.25) is 0 Å². The maximum Gasteiger partial charge on any atom is 0.410 e. The predicted molar refractivity (Wildman–Crippen MR) is 137 cm³/mol. The fraction of sp³-hybridized carbons (Fsp3) is 0.241. The van der Waals surface area contributed by atoms with Crippen LogP contribution in [0.5, 0.6) is 0 Å². The highest BCUT2D eigenvalue weighted by Gasteiger charge is 2.33. The lowest BCUT2D eigenvalue weighted by Gasteiger charge is -2.26. The molecular weight excluding hydrogens is 456 g/mol. The van der Waals surface area contributed by atoms with Crippen LogP contribution in [-0.2, 0) is 20.7 Å². The van der Waals surface area contributed by atoms with Gasteiger partial charge >= 0.3 is 12.1 Å². The fourth-order valence-electron chi connectivity index (χ4n) is 5.08. The van der Waals surface area contributed by atoms with Gasteiger partial charge in [-0.15, -0.1) is 0 Å². The zero-order valence-electron chi connectivity index (χ0n) is 20.5. The van der Waals surface area contributed by atoms with Crippen LogP contribution in [0, 0.1) is 0 Å². The molecule has 4 aromatic rings. The summed E-state index contributed by atoms with van der Waals surface area (Å²) in [5.41, 5.74) is 6.31. The number of amides is 1. The first kappa shape index (κ1) is 23.5. The highest BCUT2D eigenvalue weighted by molar-refractivity contribution is 5.86. The van der Waals surface area contributed by atoms with E-state index in [2.05, 4.69) is 24.3 Å². The van der Waals surface area contributed by atoms with Crippen molar-refractivity contribution in [3.8, 4) is 11.1 Å². The summed E-state index contributed by atoms with van der Waals surface area (Å²) in [6, 6.07) is 23.2. The standard InChI is InChI=1S/C29H28N2O5/c1-30(27(28(32)34-2)16-19-17-31(35-3)26-15-9-8-10-20(19)26)29(33)36-18-25-23-13-6-4-11-21(23)22-12-5-7-14-24(22)25/h4-15,17,25,27H,16,18H2,1-3H3/t27-/m0/s1. The molecule has 1 heterocycles. The van der Waals surface area contributed by atoms with Crippen molar-refractivity contribution in [1.29, 1.82) is 0 Å². The van der Waals surface area contributed by atoms with E-state index in [0.29, 0.717) is 0 Å². The molecule has 1 aliphatic rings. The van der Waals surface area contributed by atoms with Gasteiger partial charge in [-0.3, -0.25) is 4.90 Å². The number of rotatable bonds is 7. The molecule has 1 aromatic heterocycles. The van der Waals surface area contributed by atoms with Crippen molar-refractivity contribution in [2.45, 2.75) is 18.4 Å². The second kappa shape index (κ2) is 9.77. The average Bonchev–Trinajstić information content (AvgIpc) is 3.45. The van der Waals surface area contributed by atoms with Crippen LogP contribution >= 0.6 is 0 Å². The Balaban J connectivity index is 1.35. The lowest BCUT2D eigenvalue weighted by Crippen LogP contribution is -2.45. The molecule has 0 bridgehead atoms. The number of likely N-dealkylation sites (N-methyl/N-ethyl adjacent to an activating group) is 1. The van der Waals surface area contributed by atoms with Gasteiger partial charge in [0.05, 0.1) is 12.6 Å². The number of methoxy groups -OCH3 is 1. The number of para-hydroxylation sites is 1. The molecule has 184 valence electrons. The van der Waals surface area contributed by atoms with Gasteiger partial charge in [0.15, 0.2) is 0 Å². The molecule has 36 heavy (non-hydrogen) atoms. The first-order valence-electron chi connectivity index (χ1n) is 11.8. The molecule has 0 saturated heterocycles. The summed E-state index contributed by atoms with van der Waals surface area (Å²) in [4.78, 5) is 32.7. The minimum absolute atomic E-state index is 0.0639. The average molecular weight is 485 g/mol. The Bertz CT molecular complexity index is 1380. The molecular formula is C29H28N2O5. The molecule has 0 unspecified atom stereocenters. The monoisotopic (exact) mass is 484 g/mol. The number of nitrogens with zero attached hydrogens (tertiary/aromatic N) is 2. The Morgan fingerprint density at radius 1 is 0.917 bits per heavy atom. The van der Waals surface area contributed by atoms with Crippen molar-refractivity contribution < 1.29 is 23.9 Å². The molecule has 0 aliphatic heterocycles. The lowest BCUT2D eigenvalue weighted by molar-refractivity contribution is -0.145.